The van der Waals surface area contributed by atoms with Gasteiger partial charge >= 0.3 is 0 Å². The zero-order chi connectivity index (χ0) is 19.6. The molecule has 0 aliphatic carbocycles. The van der Waals surface area contributed by atoms with Gasteiger partial charge in [-0.2, -0.15) is 0 Å². The standard InChI is InChI=1S/C21H25ClO5/c1-2-12-3-5-13(6-4-12)9-15-10-14(7-8-16(15)22)21-20(26)19(25)18(24)17(11-23)27-21/h3-8,10,17-21,23-26H,2,9,11H2,1H3/t17-,18-,19+,20-,21-/m1/s1. The Morgan fingerprint density at radius 2 is 1.59 bits per heavy atom. The van der Waals surface area contributed by atoms with Crippen molar-refractivity contribution in [3.05, 3.63) is 69.7 Å². The Hall–Kier alpha value is -1.47. The molecule has 5 atom stereocenters. The average Bonchev–Trinajstić information content (AvgIpc) is 2.69. The van der Waals surface area contributed by atoms with Crippen molar-refractivity contribution < 1.29 is 25.2 Å². The molecule has 2 aromatic rings. The van der Waals surface area contributed by atoms with Crippen LogP contribution in [-0.2, 0) is 17.6 Å². The second-order valence-electron chi connectivity index (χ2n) is 6.95. The maximum Gasteiger partial charge on any atom is 0.113 e. The SMILES string of the molecule is CCc1ccc(Cc2cc([C@H]3O[C@H](CO)[C@@H](O)[C@H](O)[C@H]3O)ccc2Cl)cc1. The summed E-state index contributed by atoms with van der Waals surface area (Å²) in [7, 11) is 0. The van der Waals surface area contributed by atoms with E-state index >= 15 is 0 Å². The minimum Gasteiger partial charge on any atom is -0.394 e. The van der Waals surface area contributed by atoms with Crippen LogP contribution in [0.5, 0.6) is 0 Å². The Kier molecular flexibility index (Phi) is 6.52. The van der Waals surface area contributed by atoms with Gasteiger partial charge in [0, 0.05) is 5.02 Å². The van der Waals surface area contributed by atoms with Gasteiger partial charge in [0.2, 0.25) is 0 Å². The molecule has 1 aliphatic heterocycles. The molecule has 0 amide bonds. The van der Waals surface area contributed by atoms with Crippen molar-refractivity contribution >= 4 is 11.6 Å². The average molecular weight is 393 g/mol. The first-order valence-corrected chi connectivity index (χ1v) is 9.49. The van der Waals surface area contributed by atoms with Crippen LogP contribution in [0.15, 0.2) is 42.5 Å². The molecule has 5 nitrogen and oxygen atoms in total. The summed E-state index contributed by atoms with van der Waals surface area (Å²) < 4.78 is 5.64. The molecule has 1 heterocycles. The van der Waals surface area contributed by atoms with Crippen LogP contribution in [0.1, 0.15) is 35.3 Å². The van der Waals surface area contributed by atoms with Gasteiger partial charge in [-0.1, -0.05) is 54.9 Å². The zero-order valence-corrected chi connectivity index (χ0v) is 15.9. The predicted octanol–water partition coefficient (Wildman–Crippen LogP) is 2.01. The van der Waals surface area contributed by atoms with E-state index in [-0.39, 0.29) is 0 Å². The molecule has 0 saturated carbocycles. The van der Waals surface area contributed by atoms with Crippen molar-refractivity contribution in [1.29, 1.82) is 0 Å². The summed E-state index contributed by atoms with van der Waals surface area (Å²) in [4.78, 5) is 0. The summed E-state index contributed by atoms with van der Waals surface area (Å²) in [6.45, 7) is 1.65. The fraction of sp³-hybridized carbons (Fsp3) is 0.429. The first-order valence-electron chi connectivity index (χ1n) is 9.11. The number of hydrogen-bond donors (Lipinski definition) is 4. The number of aryl methyl sites for hydroxylation is 1. The molecule has 6 heteroatoms. The molecule has 0 aromatic heterocycles. The van der Waals surface area contributed by atoms with E-state index in [0.29, 0.717) is 17.0 Å². The molecular weight excluding hydrogens is 368 g/mol. The van der Waals surface area contributed by atoms with E-state index in [2.05, 4.69) is 31.2 Å². The number of ether oxygens (including phenoxy) is 1. The topological polar surface area (TPSA) is 90.2 Å². The maximum absolute atomic E-state index is 10.3. The highest BCUT2D eigenvalue weighted by atomic mass is 35.5. The molecule has 0 radical (unpaired) electrons. The summed E-state index contributed by atoms with van der Waals surface area (Å²) in [6, 6.07) is 13.6. The van der Waals surface area contributed by atoms with Crippen molar-refractivity contribution in [2.75, 3.05) is 6.61 Å². The van der Waals surface area contributed by atoms with Crippen molar-refractivity contribution in [1.82, 2.24) is 0 Å². The van der Waals surface area contributed by atoms with Crippen molar-refractivity contribution in [2.45, 2.75) is 50.3 Å². The quantitative estimate of drug-likeness (QED) is 0.625. The number of benzene rings is 2. The highest BCUT2D eigenvalue weighted by Gasteiger charge is 2.43. The fourth-order valence-electron chi connectivity index (χ4n) is 3.40. The lowest BCUT2D eigenvalue weighted by Crippen LogP contribution is -2.55. The van der Waals surface area contributed by atoms with Crippen molar-refractivity contribution in [3.63, 3.8) is 0 Å². The number of aliphatic hydroxyl groups excluding tert-OH is 4. The van der Waals surface area contributed by atoms with Gasteiger partial charge in [0.1, 0.15) is 30.5 Å². The summed E-state index contributed by atoms with van der Waals surface area (Å²) in [5.74, 6) is 0. The third-order valence-electron chi connectivity index (χ3n) is 5.12. The van der Waals surface area contributed by atoms with Crippen LogP contribution in [0, 0.1) is 0 Å². The van der Waals surface area contributed by atoms with E-state index in [0.717, 1.165) is 17.5 Å². The van der Waals surface area contributed by atoms with Crippen LogP contribution in [0.4, 0.5) is 0 Å². The van der Waals surface area contributed by atoms with E-state index in [9.17, 15) is 20.4 Å². The summed E-state index contributed by atoms with van der Waals surface area (Å²) in [5.41, 5.74) is 3.88. The molecule has 4 N–H and O–H groups in total. The van der Waals surface area contributed by atoms with E-state index in [4.69, 9.17) is 16.3 Å². The monoisotopic (exact) mass is 392 g/mol. The van der Waals surface area contributed by atoms with Crippen LogP contribution in [0.2, 0.25) is 5.02 Å². The molecule has 3 rings (SSSR count). The Balaban J connectivity index is 1.85. The Morgan fingerprint density at radius 1 is 0.926 bits per heavy atom. The summed E-state index contributed by atoms with van der Waals surface area (Å²) >= 11 is 6.36. The lowest BCUT2D eigenvalue weighted by molar-refractivity contribution is -0.231. The minimum absolute atomic E-state index is 0.453. The highest BCUT2D eigenvalue weighted by molar-refractivity contribution is 6.31. The Bertz CT molecular complexity index is 762. The van der Waals surface area contributed by atoms with E-state index < -0.39 is 37.1 Å². The largest absolute Gasteiger partial charge is 0.394 e. The summed E-state index contributed by atoms with van der Waals surface area (Å²) in [5, 5.41) is 40.3. The third kappa shape index (κ3) is 4.35. The van der Waals surface area contributed by atoms with Gasteiger partial charge in [-0.25, -0.2) is 0 Å². The van der Waals surface area contributed by atoms with Crippen LogP contribution in [0.25, 0.3) is 0 Å². The third-order valence-corrected chi connectivity index (χ3v) is 5.49. The zero-order valence-electron chi connectivity index (χ0n) is 15.1. The highest BCUT2D eigenvalue weighted by Crippen LogP contribution is 2.34. The van der Waals surface area contributed by atoms with Crippen LogP contribution >= 0.6 is 11.6 Å². The van der Waals surface area contributed by atoms with E-state index in [1.807, 2.05) is 6.07 Å². The molecule has 1 saturated heterocycles. The summed E-state index contributed by atoms with van der Waals surface area (Å²) in [6.07, 6.45) is -4.28. The number of aliphatic hydroxyl groups is 4. The van der Waals surface area contributed by atoms with Crippen molar-refractivity contribution in [3.8, 4) is 0 Å². The first kappa shape index (κ1) is 20.3. The van der Waals surface area contributed by atoms with Crippen molar-refractivity contribution in [2.24, 2.45) is 0 Å². The van der Waals surface area contributed by atoms with Crippen LogP contribution in [0.3, 0.4) is 0 Å². The Morgan fingerprint density at radius 3 is 2.22 bits per heavy atom. The van der Waals surface area contributed by atoms with E-state index in [1.54, 1.807) is 12.1 Å². The second-order valence-corrected chi connectivity index (χ2v) is 7.35. The predicted molar refractivity (Wildman–Crippen MR) is 103 cm³/mol. The van der Waals surface area contributed by atoms with Gasteiger partial charge in [0.15, 0.2) is 0 Å². The molecule has 0 spiro atoms. The molecule has 0 unspecified atom stereocenters. The minimum atomic E-state index is -1.40. The molecular formula is C21H25ClO5. The fourth-order valence-corrected chi connectivity index (χ4v) is 3.58. The molecule has 2 aromatic carbocycles. The maximum atomic E-state index is 10.3. The Labute approximate surface area is 163 Å². The van der Waals surface area contributed by atoms with Gasteiger partial charge in [-0.3, -0.25) is 0 Å². The normalized spacial score (nSPS) is 28.3. The smallest absolute Gasteiger partial charge is 0.113 e. The van der Waals surface area contributed by atoms with Gasteiger partial charge in [0.05, 0.1) is 6.61 Å². The van der Waals surface area contributed by atoms with Crippen LogP contribution in [-0.4, -0.2) is 51.4 Å². The second kappa shape index (κ2) is 8.69. The lowest BCUT2D eigenvalue weighted by atomic mass is 9.90. The number of hydrogen-bond acceptors (Lipinski definition) is 5. The molecule has 1 aliphatic rings. The number of halogens is 1. The van der Waals surface area contributed by atoms with E-state index in [1.165, 1.54) is 5.56 Å². The number of rotatable bonds is 5. The van der Waals surface area contributed by atoms with Crippen LogP contribution < -0.4 is 0 Å². The first-order chi connectivity index (χ1) is 12.9. The molecule has 27 heavy (non-hydrogen) atoms. The van der Waals surface area contributed by atoms with Gasteiger partial charge < -0.3 is 25.2 Å². The van der Waals surface area contributed by atoms with Gasteiger partial charge in [-0.05, 0) is 41.2 Å². The molecule has 1 fully saturated rings. The van der Waals surface area contributed by atoms with Gasteiger partial charge in [-0.15, -0.1) is 0 Å². The molecule has 146 valence electrons. The lowest BCUT2D eigenvalue weighted by Gasteiger charge is -2.40. The van der Waals surface area contributed by atoms with Gasteiger partial charge in [0.25, 0.3) is 0 Å². The molecule has 0 bridgehead atoms.